The van der Waals surface area contributed by atoms with E-state index in [2.05, 4.69) is 13.0 Å². The van der Waals surface area contributed by atoms with Crippen LogP contribution in [0.1, 0.15) is 77.6 Å². The lowest BCUT2D eigenvalue weighted by atomic mass is 10.1. The molecule has 0 aromatic heterocycles. The average molecular weight is 303 g/mol. The first-order valence-corrected chi connectivity index (χ1v) is 9.41. The Balaban J connectivity index is 3.07. The SMILES string of the molecule is CCCCCCCCCCCCC=CSCC(O)CO. The summed E-state index contributed by atoms with van der Waals surface area (Å²) in [5, 5.41) is 19.8. The summed E-state index contributed by atoms with van der Waals surface area (Å²) >= 11 is 1.58. The number of aliphatic hydroxyl groups excluding tert-OH is 2. The minimum atomic E-state index is -0.582. The molecule has 0 aliphatic rings. The lowest BCUT2D eigenvalue weighted by molar-refractivity contribution is 0.113. The molecule has 120 valence electrons. The van der Waals surface area contributed by atoms with E-state index in [0.29, 0.717) is 5.75 Å². The number of aliphatic hydroxyl groups is 2. The zero-order chi connectivity index (χ0) is 14.9. The maximum absolute atomic E-state index is 9.14. The molecule has 0 aromatic carbocycles. The van der Waals surface area contributed by atoms with E-state index in [9.17, 15) is 0 Å². The Labute approximate surface area is 130 Å². The van der Waals surface area contributed by atoms with E-state index < -0.39 is 6.10 Å². The summed E-state index contributed by atoms with van der Waals surface area (Å²) in [5.41, 5.74) is 0. The molecular weight excluding hydrogens is 268 g/mol. The Bertz CT molecular complexity index is 207. The van der Waals surface area contributed by atoms with Crippen LogP contribution in [0, 0.1) is 0 Å². The summed E-state index contributed by atoms with van der Waals surface area (Å²) in [6, 6.07) is 0. The van der Waals surface area contributed by atoms with Gasteiger partial charge in [0.05, 0.1) is 12.7 Å². The molecule has 0 aliphatic heterocycles. The molecule has 0 rings (SSSR count). The second-order valence-electron chi connectivity index (χ2n) is 5.51. The van der Waals surface area contributed by atoms with Gasteiger partial charge in [-0.1, -0.05) is 70.8 Å². The van der Waals surface area contributed by atoms with Crippen LogP contribution >= 0.6 is 11.8 Å². The van der Waals surface area contributed by atoms with E-state index in [0.717, 1.165) is 6.42 Å². The third-order valence-corrected chi connectivity index (χ3v) is 4.38. The first-order valence-electron chi connectivity index (χ1n) is 8.36. The van der Waals surface area contributed by atoms with E-state index in [4.69, 9.17) is 10.2 Å². The quantitative estimate of drug-likeness (QED) is 0.423. The van der Waals surface area contributed by atoms with Crippen LogP contribution in [0.25, 0.3) is 0 Å². The highest BCUT2D eigenvalue weighted by Gasteiger charge is 1.98. The molecule has 0 amide bonds. The molecule has 0 saturated carbocycles. The van der Waals surface area contributed by atoms with Gasteiger partial charge in [-0.05, 0) is 18.2 Å². The van der Waals surface area contributed by atoms with Gasteiger partial charge in [0.25, 0.3) is 0 Å². The lowest BCUT2D eigenvalue weighted by Gasteiger charge is -2.02. The Morgan fingerprint density at radius 1 is 0.900 bits per heavy atom. The smallest absolute Gasteiger partial charge is 0.0864 e. The van der Waals surface area contributed by atoms with Gasteiger partial charge in [-0.2, -0.15) is 0 Å². The van der Waals surface area contributed by atoms with Crippen molar-refractivity contribution in [1.82, 2.24) is 0 Å². The van der Waals surface area contributed by atoms with Crippen molar-refractivity contribution in [3.05, 3.63) is 11.5 Å². The first kappa shape index (κ1) is 20.0. The minimum Gasteiger partial charge on any atom is -0.394 e. The van der Waals surface area contributed by atoms with Crippen LogP contribution in [-0.4, -0.2) is 28.7 Å². The van der Waals surface area contributed by atoms with Crippen molar-refractivity contribution in [1.29, 1.82) is 0 Å². The summed E-state index contributed by atoms with van der Waals surface area (Å²) in [5.74, 6) is 0.588. The third-order valence-electron chi connectivity index (χ3n) is 3.42. The average Bonchev–Trinajstić information content (AvgIpc) is 2.47. The Morgan fingerprint density at radius 2 is 1.45 bits per heavy atom. The maximum atomic E-state index is 9.14. The summed E-state index contributed by atoms with van der Waals surface area (Å²) in [7, 11) is 0. The van der Waals surface area contributed by atoms with Crippen LogP contribution in [-0.2, 0) is 0 Å². The van der Waals surface area contributed by atoms with Gasteiger partial charge in [-0.3, -0.25) is 0 Å². The van der Waals surface area contributed by atoms with Gasteiger partial charge < -0.3 is 10.2 Å². The van der Waals surface area contributed by atoms with E-state index >= 15 is 0 Å². The van der Waals surface area contributed by atoms with Crippen LogP contribution in [0.3, 0.4) is 0 Å². The topological polar surface area (TPSA) is 40.5 Å². The molecule has 2 nitrogen and oxygen atoms in total. The number of allylic oxidation sites excluding steroid dienone is 1. The highest BCUT2D eigenvalue weighted by molar-refractivity contribution is 8.02. The molecule has 0 aromatic rings. The van der Waals surface area contributed by atoms with Gasteiger partial charge in [0, 0.05) is 5.75 Å². The monoisotopic (exact) mass is 302 g/mol. The van der Waals surface area contributed by atoms with E-state index in [-0.39, 0.29) is 6.61 Å². The van der Waals surface area contributed by atoms with E-state index in [1.807, 2.05) is 5.41 Å². The van der Waals surface area contributed by atoms with Crippen molar-refractivity contribution in [2.24, 2.45) is 0 Å². The number of rotatable bonds is 15. The van der Waals surface area contributed by atoms with Crippen molar-refractivity contribution in [3.8, 4) is 0 Å². The van der Waals surface area contributed by atoms with Crippen LogP contribution in [0.4, 0.5) is 0 Å². The molecule has 0 heterocycles. The summed E-state index contributed by atoms with van der Waals surface area (Å²) in [6.07, 6.45) is 16.5. The standard InChI is InChI=1S/C17H34O2S/c1-2-3-4-5-6-7-8-9-10-11-12-13-14-20-16-17(19)15-18/h13-14,17-19H,2-12,15-16H2,1H3. The zero-order valence-corrected chi connectivity index (χ0v) is 14.0. The van der Waals surface area contributed by atoms with Crippen molar-refractivity contribution >= 4 is 11.8 Å². The highest BCUT2D eigenvalue weighted by atomic mass is 32.2. The fourth-order valence-electron chi connectivity index (χ4n) is 2.11. The van der Waals surface area contributed by atoms with Crippen molar-refractivity contribution in [2.75, 3.05) is 12.4 Å². The molecule has 1 atom stereocenters. The normalized spacial score (nSPS) is 13.2. The number of hydrogen-bond donors (Lipinski definition) is 2. The van der Waals surface area contributed by atoms with Gasteiger partial charge in [0.2, 0.25) is 0 Å². The first-order chi connectivity index (χ1) is 9.81. The predicted molar refractivity (Wildman–Crippen MR) is 91.2 cm³/mol. The van der Waals surface area contributed by atoms with Crippen molar-refractivity contribution in [2.45, 2.75) is 83.7 Å². The molecule has 3 heteroatoms. The van der Waals surface area contributed by atoms with Crippen LogP contribution in [0.5, 0.6) is 0 Å². The molecule has 0 radical (unpaired) electrons. The van der Waals surface area contributed by atoms with E-state index in [1.54, 1.807) is 11.8 Å². The number of unbranched alkanes of at least 4 members (excludes halogenated alkanes) is 10. The van der Waals surface area contributed by atoms with Gasteiger partial charge in [0.15, 0.2) is 0 Å². The van der Waals surface area contributed by atoms with Crippen LogP contribution < -0.4 is 0 Å². The summed E-state index contributed by atoms with van der Waals surface area (Å²) < 4.78 is 0. The molecule has 0 saturated heterocycles. The van der Waals surface area contributed by atoms with Gasteiger partial charge in [-0.25, -0.2) is 0 Å². The molecular formula is C17H34O2S. The predicted octanol–water partition coefficient (Wildman–Crippen LogP) is 4.90. The fourth-order valence-corrected chi connectivity index (χ4v) is 2.82. The second-order valence-corrected chi connectivity index (χ2v) is 6.45. The van der Waals surface area contributed by atoms with Crippen LogP contribution in [0.15, 0.2) is 11.5 Å². The molecule has 0 spiro atoms. The van der Waals surface area contributed by atoms with Gasteiger partial charge in [0.1, 0.15) is 0 Å². The van der Waals surface area contributed by atoms with Crippen molar-refractivity contribution < 1.29 is 10.2 Å². The highest BCUT2D eigenvalue weighted by Crippen LogP contribution is 2.12. The Morgan fingerprint density at radius 3 is 2.00 bits per heavy atom. The minimum absolute atomic E-state index is 0.140. The number of thioether (sulfide) groups is 1. The second kappa shape index (κ2) is 17.1. The fraction of sp³-hybridized carbons (Fsp3) is 0.882. The van der Waals surface area contributed by atoms with E-state index in [1.165, 1.54) is 64.2 Å². The van der Waals surface area contributed by atoms with Gasteiger partial charge >= 0.3 is 0 Å². The molecule has 20 heavy (non-hydrogen) atoms. The molecule has 0 fully saturated rings. The number of hydrogen-bond acceptors (Lipinski definition) is 3. The Hall–Kier alpha value is 0.01000. The van der Waals surface area contributed by atoms with Gasteiger partial charge in [-0.15, -0.1) is 11.8 Å². The molecule has 0 bridgehead atoms. The lowest BCUT2D eigenvalue weighted by Crippen LogP contribution is -2.13. The molecule has 2 N–H and O–H groups in total. The largest absolute Gasteiger partial charge is 0.394 e. The molecule has 0 aliphatic carbocycles. The molecule has 1 unspecified atom stereocenters. The maximum Gasteiger partial charge on any atom is 0.0864 e. The summed E-state index contributed by atoms with van der Waals surface area (Å²) in [4.78, 5) is 0. The van der Waals surface area contributed by atoms with Crippen LogP contribution in [0.2, 0.25) is 0 Å². The zero-order valence-electron chi connectivity index (χ0n) is 13.2. The summed E-state index contributed by atoms with van der Waals surface area (Å²) in [6.45, 7) is 2.13. The third kappa shape index (κ3) is 16.1. The Kier molecular flexibility index (Phi) is 17.1. The van der Waals surface area contributed by atoms with Crippen molar-refractivity contribution in [3.63, 3.8) is 0 Å².